The highest BCUT2D eigenvalue weighted by molar-refractivity contribution is 8.29. The van der Waals surface area contributed by atoms with Crippen LogP contribution in [0.4, 0.5) is 4.79 Å². The summed E-state index contributed by atoms with van der Waals surface area (Å²) in [5, 5.41) is 8.85. The Morgan fingerprint density at radius 1 is 1.00 bits per heavy atom. The number of nitrogens with zero attached hydrogens (tertiary/aromatic N) is 4. The lowest BCUT2D eigenvalue weighted by molar-refractivity contribution is -0.133. The van der Waals surface area contributed by atoms with Crippen molar-refractivity contribution in [3.05, 3.63) is 114 Å². The first-order chi connectivity index (χ1) is 21.0. The third kappa shape index (κ3) is 5.11. The Bertz CT molecular complexity index is 1620. The van der Waals surface area contributed by atoms with E-state index in [0.29, 0.717) is 19.6 Å². The second-order valence-corrected chi connectivity index (χ2v) is 14.1. The summed E-state index contributed by atoms with van der Waals surface area (Å²) in [4.78, 5) is 30.5. The van der Waals surface area contributed by atoms with Gasteiger partial charge in [0, 0.05) is 39.1 Å². The SMILES string of the molecule is CCN(C)N(C(=O)NCc1ccc(OC)cc1)C1CN2CC(c3ccccc3)C3=S2(=CC=C3)C(c2ccccc2)N1C=O. The zero-order valence-electron chi connectivity index (χ0n) is 24.9. The van der Waals surface area contributed by atoms with E-state index in [2.05, 4.69) is 69.6 Å². The minimum atomic E-state index is -1.73. The fourth-order valence-electron chi connectivity index (χ4n) is 6.55. The topological polar surface area (TPSA) is 68.4 Å². The predicted octanol–water partition coefficient (Wildman–Crippen LogP) is 4.93. The minimum Gasteiger partial charge on any atom is -0.497 e. The third-order valence-electron chi connectivity index (χ3n) is 8.73. The number of urea groups is 1. The number of hydrogen-bond donors (Lipinski definition) is 1. The van der Waals surface area contributed by atoms with E-state index in [1.54, 1.807) is 12.1 Å². The molecule has 1 saturated heterocycles. The average molecular weight is 598 g/mol. The molecule has 1 N–H and O–H groups in total. The van der Waals surface area contributed by atoms with Crippen LogP contribution in [0.2, 0.25) is 0 Å². The van der Waals surface area contributed by atoms with E-state index in [0.717, 1.165) is 29.8 Å². The van der Waals surface area contributed by atoms with Gasteiger partial charge in [-0.15, -0.1) is 9.39 Å². The smallest absolute Gasteiger partial charge is 0.334 e. The van der Waals surface area contributed by atoms with Crippen molar-refractivity contribution >= 4 is 32.1 Å². The molecule has 3 aromatic carbocycles. The molecule has 3 heterocycles. The van der Waals surface area contributed by atoms with Gasteiger partial charge in [-0.1, -0.05) is 91.9 Å². The van der Waals surface area contributed by atoms with Gasteiger partial charge in [0.1, 0.15) is 17.3 Å². The van der Waals surface area contributed by atoms with Crippen molar-refractivity contribution in [3.8, 4) is 5.75 Å². The van der Waals surface area contributed by atoms with E-state index in [1.165, 1.54) is 10.4 Å². The Hall–Kier alpha value is -4.05. The van der Waals surface area contributed by atoms with Gasteiger partial charge in [-0.05, 0) is 39.1 Å². The Labute approximate surface area is 254 Å². The molecule has 0 bridgehead atoms. The number of amides is 3. The Morgan fingerprint density at radius 3 is 2.30 bits per heavy atom. The highest BCUT2D eigenvalue weighted by Crippen LogP contribution is 2.59. The van der Waals surface area contributed by atoms with Gasteiger partial charge in [-0.25, -0.2) is 14.8 Å². The van der Waals surface area contributed by atoms with E-state index in [1.807, 2.05) is 66.3 Å². The summed E-state index contributed by atoms with van der Waals surface area (Å²) in [5.74, 6) is 0.981. The van der Waals surface area contributed by atoms with E-state index >= 15 is 0 Å². The van der Waals surface area contributed by atoms with Crippen molar-refractivity contribution < 1.29 is 14.3 Å². The van der Waals surface area contributed by atoms with Crippen LogP contribution in [0.1, 0.15) is 34.9 Å². The molecular weight excluding hydrogens is 558 g/mol. The molecule has 3 amide bonds. The third-order valence-corrected chi connectivity index (χ3v) is 12.8. The highest BCUT2D eigenvalue weighted by Gasteiger charge is 2.50. The summed E-state index contributed by atoms with van der Waals surface area (Å²) in [6.07, 6.45) is 4.88. The Morgan fingerprint density at radius 2 is 1.67 bits per heavy atom. The molecule has 0 aromatic heterocycles. The number of benzene rings is 3. The fourth-order valence-corrected chi connectivity index (χ4v) is 11.1. The van der Waals surface area contributed by atoms with Crippen LogP contribution < -0.4 is 10.1 Å². The standard InChI is InChI=1S/C34H39N5O3S/c1-4-36(2)39(34(41)35-22-26-17-19-29(42-3)20-18-26)32-24-37-23-30(27-12-7-5-8-13-27)31-16-11-21-43(31,37)33(38(32)25-40)28-14-9-6-10-15-28/h5-21,25,30,32-33H,4,22-24H2,1-3H3,(H,35,41). The van der Waals surface area contributed by atoms with Crippen LogP contribution in [0.25, 0.3) is 0 Å². The summed E-state index contributed by atoms with van der Waals surface area (Å²) < 4.78 is 7.84. The number of carbonyl (C=O) groups is 2. The number of hydrogen-bond acceptors (Lipinski definition) is 5. The largest absolute Gasteiger partial charge is 0.497 e. The summed E-state index contributed by atoms with van der Waals surface area (Å²) in [5.41, 5.74) is 3.31. The van der Waals surface area contributed by atoms with E-state index in [9.17, 15) is 9.59 Å². The van der Waals surface area contributed by atoms with Gasteiger partial charge < -0.3 is 15.0 Å². The molecule has 3 aliphatic rings. The lowest BCUT2D eigenvalue weighted by Crippen LogP contribution is -2.65. The van der Waals surface area contributed by atoms with Crippen molar-refractivity contribution in [2.45, 2.75) is 30.9 Å². The van der Waals surface area contributed by atoms with Crippen LogP contribution in [0.5, 0.6) is 5.75 Å². The van der Waals surface area contributed by atoms with Crippen molar-refractivity contribution in [3.63, 3.8) is 0 Å². The number of allylic oxidation sites excluding steroid dienone is 2. The van der Waals surface area contributed by atoms with Gasteiger partial charge >= 0.3 is 6.03 Å². The van der Waals surface area contributed by atoms with Crippen LogP contribution in [0.15, 0.2) is 97.1 Å². The number of methoxy groups -OCH3 is 1. The molecular formula is C34H39N5O3S. The van der Waals surface area contributed by atoms with Gasteiger partial charge in [0.25, 0.3) is 0 Å². The molecule has 0 aliphatic carbocycles. The summed E-state index contributed by atoms with van der Waals surface area (Å²) in [6, 6.07) is 28.3. The normalized spacial score (nSPS) is 24.3. The molecule has 1 fully saturated rings. The van der Waals surface area contributed by atoms with Crippen LogP contribution in [-0.2, 0) is 11.3 Å². The molecule has 8 nitrogen and oxygen atoms in total. The maximum absolute atomic E-state index is 14.0. The van der Waals surface area contributed by atoms with Crippen molar-refractivity contribution in [2.24, 2.45) is 0 Å². The fraction of sp³-hybridized carbons (Fsp3) is 0.294. The molecule has 6 rings (SSSR count). The first-order valence-corrected chi connectivity index (χ1v) is 16.4. The summed E-state index contributed by atoms with van der Waals surface area (Å²) in [7, 11) is 1.81. The van der Waals surface area contributed by atoms with Crippen LogP contribution in [0, 0.1) is 0 Å². The average Bonchev–Trinajstić information content (AvgIpc) is 3.62. The molecule has 224 valence electrons. The van der Waals surface area contributed by atoms with E-state index in [4.69, 9.17) is 4.74 Å². The van der Waals surface area contributed by atoms with Gasteiger partial charge in [0.2, 0.25) is 6.41 Å². The van der Waals surface area contributed by atoms with Crippen molar-refractivity contribution in [1.29, 1.82) is 0 Å². The van der Waals surface area contributed by atoms with Crippen LogP contribution in [0.3, 0.4) is 0 Å². The number of ether oxygens (including phenoxy) is 1. The Balaban J connectivity index is 1.41. The lowest BCUT2D eigenvalue weighted by atomic mass is 9.95. The maximum Gasteiger partial charge on any atom is 0.334 e. The number of nitrogens with one attached hydrogen (secondary N) is 1. The van der Waals surface area contributed by atoms with Crippen LogP contribution in [-0.4, -0.2) is 81.9 Å². The van der Waals surface area contributed by atoms with E-state index in [-0.39, 0.29) is 17.3 Å². The lowest BCUT2D eigenvalue weighted by Gasteiger charge is -2.53. The van der Waals surface area contributed by atoms with E-state index < -0.39 is 15.6 Å². The van der Waals surface area contributed by atoms with Gasteiger partial charge in [0.15, 0.2) is 0 Å². The molecule has 4 atom stereocenters. The molecule has 4 unspecified atom stereocenters. The first-order valence-electron chi connectivity index (χ1n) is 14.7. The highest BCUT2D eigenvalue weighted by atomic mass is 32.2. The number of carbonyl (C=O) groups excluding carboxylic acids is 2. The Kier molecular flexibility index (Phi) is 8.30. The maximum atomic E-state index is 14.0. The molecule has 1 spiro atoms. The first kappa shape index (κ1) is 29.0. The minimum absolute atomic E-state index is 0.214. The second kappa shape index (κ2) is 12.3. The quantitative estimate of drug-likeness (QED) is 0.215. The van der Waals surface area contributed by atoms with Crippen molar-refractivity contribution in [2.75, 3.05) is 33.8 Å². The van der Waals surface area contributed by atoms with Gasteiger partial charge in [0.05, 0.1) is 7.11 Å². The number of rotatable bonds is 9. The predicted molar refractivity (Wildman–Crippen MR) is 175 cm³/mol. The van der Waals surface area contributed by atoms with Gasteiger partial charge in [-0.3, -0.25) is 9.10 Å². The summed E-state index contributed by atoms with van der Waals surface area (Å²) >= 11 is 0. The van der Waals surface area contributed by atoms with Gasteiger partial charge in [-0.2, -0.15) is 0 Å². The molecule has 3 aromatic rings. The second-order valence-electron chi connectivity index (χ2n) is 11.0. The number of hydrazine groups is 1. The zero-order valence-corrected chi connectivity index (χ0v) is 25.7. The van der Waals surface area contributed by atoms with Crippen LogP contribution >= 0.6 is 9.39 Å². The molecule has 43 heavy (non-hydrogen) atoms. The zero-order chi connectivity index (χ0) is 30.0. The molecule has 0 radical (unpaired) electrons. The van der Waals surface area contributed by atoms with Crippen molar-refractivity contribution in [1.82, 2.24) is 24.5 Å². The monoisotopic (exact) mass is 597 g/mol. The molecule has 3 aliphatic heterocycles. The molecule has 0 saturated carbocycles. The molecule has 9 heteroatoms. The summed E-state index contributed by atoms with van der Waals surface area (Å²) in [6.45, 7) is 4.35.